The molecule has 0 saturated heterocycles. The molecule has 1 aromatic carbocycles. The summed E-state index contributed by atoms with van der Waals surface area (Å²) in [6.07, 6.45) is 0.244. The number of hydrogen-bond donors (Lipinski definition) is 2. The Labute approximate surface area is 113 Å². The molecule has 2 amide bonds. The molecule has 0 saturated carbocycles. The number of nitrogens with one attached hydrogen (secondary N) is 2. The predicted octanol–water partition coefficient (Wildman–Crippen LogP) is 1.97. The summed E-state index contributed by atoms with van der Waals surface area (Å²) in [6, 6.07) is 5.11. The molecule has 0 spiro atoms. The van der Waals surface area contributed by atoms with Crippen molar-refractivity contribution in [3.8, 4) is 0 Å². The Morgan fingerprint density at radius 3 is 2.76 bits per heavy atom. The molecular formula is C11H12BrClN2O2. The van der Waals surface area contributed by atoms with Crippen LogP contribution < -0.4 is 10.6 Å². The van der Waals surface area contributed by atoms with Crippen LogP contribution in [0.15, 0.2) is 22.7 Å². The topological polar surface area (TPSA) is 58.2 Å². The number of carbonyl (C=O) groups is 2. The zero-order valence-electron chi connectivity index (χ0n) is 9.22. The van der Waals surface area contributed by atoms with Crippen LogP contribution >= 0.6 is 27.5 Å². The molecule has 0 aliphatic rings. The van der Waals surface area contributed by atoms with E-state index in [1.807, 2.05) is 0 Å². The third-order valence-electron chi connectivity index (χ3n) is 2.11. The molecule has 17 heavy (non-hydrogen) atoms. The first kappa shape index (κ1) is 14.0. The van der Waals surface area contributed by atoms with E-state index in [1.165, 1.54) is 0 Å². The molecule has 0 heterocycles. The van der Waals surface area contributed by atoms with Crippen molar-refractivity contribution in [3.63, 3.8) is 0 Å². The van der Waals surface area contributed by atoms with Gasteiger partial charge in [0, 0.05) is 24.5 Å². The minimum absolute atomic E-state index is 0.120. The Balaban J connectivity index is 2.59. The SMILES string of the molecule is CNC(=O)CCNC(=O)c1cccc(Br)c1Cl. The maximum atomic E-state index is 11.7. The van der Waals surface area contributed by atoms with Gasteiger partial charge in [0.25, 0.3) is 5.91 Å². The third-order valence-corrected chi connectivity index (χ3v) is 3.41. The Morgan fingerprint density at radius 1 is 1.41 bits per heavy atom. The first-order chi connectivity index (χ1) is 8.06. The van der Waals surface area contributed by atoms with Crippen LogP contribution in [0, 0.1) is 0 Å². The smallest absolute Gasteiger partial charge is 0.252 e. The van der Waals surface area contributed by atoms with E-state index in [0.29, 0.717) is 15.1 Å². The Hall–Kier alpha value is -1.07. The van der Waals surface area contributed by atoms with Crippen LogP contribution in [0.3, 0.4) is 0 Å². The van der Waals surface area contributed by atoms with Crippen molar-refractivity contribution >= 4 is 39.3 Å². The van der Waals surface area contributed by atoms with Crippen LogP contribution in [-0.2, 0) is 4.79 Å². The predicted molar refractivity (Wildman–Crippen MR) is 70.2 cm³/mol. The third kappa shape index (κ3) is 4.02. The van der Waals surface area contributed by atoms with Gasteiger partial charge in [-0.25, -0.2) is 0 Å². The lowest BCUT2D eigenvalue weighted by molar-refractivity contribution is -0.120. The zero-order chi connectivity index (χ0) is 12.8. The minimum Gasteiger partial charge on any atom is -0.359 e. The van der Waals surface area contributed by atoms with Gasteiger partial charge in [0.15, 0.2) is 0 Å². The Kier molecular flexibility index (Phi) is 5.44. The van der Waals surface area contributed by atoms with Crippen LogP contribution in [0.4, 0.5) is 0 Å². The van der Waals surface area contributed by atoms with E-state index in [2.05, 4.69) is 26.6 Å². The molecule has 1 aromatic rings. The zero-order valence-corrected chi connectivity index (χ0v) is 11.6. The summed E-state index contributed by atoms with van der Waals surface area (Å²) in [5, 5.41) is 5.47. The fourth-order valence-corrected chi connectivity index (χ4v) is 1.77. The summed E-state index contributed by atoms with van der Waals surface area (Å²) in [5.74, 6) is -0.411. The molecule has 0 atom stereocenters. The van der Waals surface area contributed by atoms with Crippen molar-refractivity contribution < 1.29 is 9.59 Å². The fourth-order valence-electron chi connectivity index (χ4n) is 1.19. The van der Waals surface area contributed by atoms with Gasteiger partial charge in [-0.15, -0.1) is 0 Å². The highest BCUT2D eigenvalue weighted by Gasteiger charge is 2.11. The lowest BCUT2D eigenvalue weighted by atomic mass is 10.2. The standard InChI is InChI=1S/C11H12BrClN2O2/c1-14-9(16)5-6-15-11(17)7-3-2-4-8(12)10(7)13/h2-4H,5-6H2,1H3,(H,14,16)(H,15,17). The summed E-state index contributed by atoms with van der Waals surface area (Å²) in [5.41, 5.74) is 0.387. The molecule has 0 aliphatic heterocycles. The lowest BCUT2D eigenvalue weighted by Gasteiger charge is -2.07. The quantitative estimate of drug-likeness (QED) is 0.891. The summed E-state index contributed by atoms with van der Waals surface area (Å²) in [7, 11) is 1.55. The molecule has 4 nitrogen and oxygen atoms in total. The number of hydrogen-bond acceptors (Lipinski definition) is 2. The second-order valence-corrected chi connectivity index (χ2v) is 4.51. The highest BCUT2D eigenvalue weighted by molar-refractivity contribution is 9.10. The van der Waals surface area contributed by atoms with Crippen molar-refractivity contribution in [2.75, 3.05) is 13.6 Å². The minimum atomic E-state index is -0.291. The molecule has 2 N–H and O–H groups in total. The highest BCUT2D eigenvalue weighted by Crippen LogP contribution is 2.25. The van der Waals surface area contributed by atoms with Gasteiger partial charge in [0.1, 0.15) is 0 Å². The number of benzene rings is 1. The van der Waals surface area contributed by atoms with Crippen LogP contribution in [0.25, 0.3) is 0 Å². The van der Waals surface area contributed by atoms with E-state index in [-0.39, 0.29) is 24.8 Å². The van der Waals surface area contributed by atoms with E-state index in [9.17, 15) is 9.59 Å². The van der Waals surface area contributed by atoms with Gasteiger partial charge in [0.2, 0.25) is 5.91 Å². The lowest BCUT2D eigenvalue weighted by Crippen LogP contribution is -2.29. The molecule has 1 rings (SSSR count). The van der Waals surface area contributed by atoms with Crippen LogP contribution in [0.5, 0.6) is 0 Å². The van der Waals surface area contributed by atoms with Crippen molar-refractivity contribution in [2.24, 2.45) is 0 Å². The monoisotopic (exact) mass is 318 g/mol. The second-order valence-electron chi connectivity index (χ2n) is 3.28. The molecule has 0 bridgehead atoms. The maximum absolute atomic E-state index is 11.7. The highest BCUT2D eigenvalue weighted by atomic mass is 79.9. The average molecular weight is 320 g/mol. The molecular weight excluding hydrogens is 307 g/mol. The molecule has 92 valence electrons. The second kappa shape index (κ2) is 6.61. The summed E-state index contributed by atoms with van der Waals surface area (Å²) in [4.78, 5) is 22.7. The van der Waals surface area contributed by atoms with Gasteiger partial charge >= 0.3 is 0 Å². The summed E-state index contributed by atoms with van der Waals surface area (Å²) in [6.45, 7) is 0.279. The van der Waals surface area contributed by atoms with Crippen molar-refractivity contribution in [1.82, 2.24) is 10.6 Å². The molecule has 0 unspecified atom stereocenters. The van der Waals surface area contributed by atoms with Crippen molar-refractivity contribution in [2.45, 2.75) is 6.42 Å². The molecule has 0 radical (unpaired) electrons. The largest absolute Gasteiger partial charge is 0.359 e. The van der Waals surface area contributed by atoms with Gasteiger partial charge in [-0.3, -0.25) is 9.59 Å². The molecule has 0 fully saturated rings. The Morgan fingerprint density at radius 2 is 2.12 bits per heavy atom. The van der Waals surface area contributed by atoms with E-state index < -0.39 is 0 Å². The van der Waals surface area contributed by atoms with Gasteiger partial charge in [-0.1, -0.05) is 17.7 Å². The van der Waals surface area contributed by atoms with Gasteiger partial charge in [0.05, 0.1) is 10.6 Å². The number of carbonyl (C=O) groups excluding carboxylic acids is 2. The number of halogens is 2. The van der Waals surface area contributed by atoms with Crippen LogP contribution in [-0.4, -0.2) is 25.4 Å². The molecule has 0 aromatic heterocycles. The number of amides is 2. The van der Waals surface area contributed by atoms with Crippen molar-refractivity contribution in [1.29, 1.82) is 0 Å². The van der Waals surface area contributed by atoms with Crippen LogP contribution in [0.2, 0.25) is 5.02 Å². The number of rotatable bonds is 4. The molecule has 0 aliphatic carbocycles. The molecule has 6 heteroatoms. The Bertz CT molecular complexity index is 437. The van der Waals surface area contributed by atoms with Gasteiger partial charge in [-0.05, 0) is 28.1 Å². The van der Waals surface area contributed by atoms with E-state index in [4.69, 9.17) is 11.6 Å². The normalized spacial score (nSPS) is 9.82. The van der Waals surface area contributed by atoms with Gasteiger partial charge < -0.3 is 10.6 Å². The van der Waals surface area contributed by atoms with Gasteiger partial charge in [-0.2, -0.15) is 0 Å². The first-order valence-electron chi connectivity index (χ1n) is 4.99. The van der Waals surface area contributed by atoms with E-state index in [0.717, 1.165) is 0 Å². The first-order valence-corrected chi connectivity index (χ1v) is 6.16. The van der Waals surface area contributed by atoms with Crippen molar-refractivity contribution in [3.05, 3.63) is 33.3 Å². The van der Waals surface area contributed by atoms with E-state index >= 15 is 0 Å². The fraction of sp³-hybridized carbons (Fsp3) is 0.273. The summed E-state index contributed by atoms with van der Waals surface area (Å²) >= 11 is 9.21. The maximum Gasteiger partial charge on any atom is 0.252 e. The van der Waals surface area contributed by atoms with Crippen LogP contribution in [0.1, 0.15) is 16.8 Å². The summed E-state index contributed by atoms with van der Waals surface area (Å²) < 4.78 is 0.665. The van der Waals surface area contributed by atoms with E-state index in [1.54, 1.807) is 25.2 Å². The average Bonchev–Trinajstić information content (AvgIpc) is 2.32.